The molecule has 1 unspecified atom stereocenters. The molecule has 18 heavy (non-hydrogen) atoms. The molecule has 1 aromatic heterocycles. The second-order valence-corrected chi connectivity index (χ2v) is 7.63. The molecular formula is C9H13N3O4S2. The Kier molecular flexibility index (Phi) is 3.37. The summed E-state index contributed by atoms with van der Waals surface area (Å²) < 4.78 is 24.8. The quantitative estimate of drug-likeness (QED) is 0.778. The molecule has 1 saturated heterocycles. The Labute approximate surface area is 109 Å². The van der Waals surface area contributed by atoms with Crippen LogP contribution in [0.4, 0.5) is 0 Å². The van der Waals surface area contributed by atoms with Crippen LogP contribution in [0, 0.1) is 0 Å². The van der Waals surface area contributed by atoms with Crippen molar-refractivity contribution in [1.29, 1.82) is 0 Å². The van der Waals surface area contributed by atoms with Crippen LogP contribution in [0.15, 0.2) is 11.5 Å². The summed E-state index contributed by atoms with van der Waals surface area (Å²) in [6.07, 6.45) is 1.96. The number of hydrogen-bond donors (Lipinski definition) is 1. The Morgan fingerprint density at radius 3 is 2.94 bits per heavy atom. The third-order valence-electron chi connectivity index (χ3n) is 2.91. The van der Waals surface area contributed by atoms with Gasteiger partial charge >= 0.3 is 5.97 Å². The van der Waals surface area contributed by atoms with Gasteiger partial charge in [0.1, 0.15) is 6.33 Å². The van der Waals surface area contributed by atoms with Crippen molar-refractivity contribution >= 4 is 27.6 Å². The van der Waals surface area contributed by atoms with E-state index in [1.165, 1.54) is 6.33 Å². The molecule has 2 heterocycles. The molecule has 0 spiro atoms. The van der Waals surface area contributed by atoms with Crippen molar-refractivity contribution in [2.45, 2.75) is 24.0 Å². The van der Waals surface area contributed by atoms with Crippen LogP contribution in [0.3, 0.4) is 0 Å². The second kappa shape index (κ2) is 4.54. The predicted octanol–water partition coefficient (Wildman–Crippen LogP) is -0.0115. The normalized spacial score (nSPS) is 26.3. The minimum atomic E-state index is -3.03. The highest BCUT2D eigenvalue weighted by Gasteiger charge is 2.41. The number of carboxylic acids is 1. The number of carboxylic acid groups (broad SMARTS) is 1. The molecule has 2 rings (SSSR count). The van der Waals surface area contributed by atoms with Gasteiger partial charge in [0, 0.05) is 0 Å². The van der Waals surface area contributed by atoms with Gasteiger partial charge < -0.3 is 9.67 Å². The van der Waals surface area contributed by atoms with Gasteiger partial charge in [0.15, 0.2) is 15.0 Å². The van der Waals surface area contributed by atoms with Crippen molar-refractivity contribution in [1.82, 2.24) is 14.8 Å². The molecule has 100 valence electrons. The Balaban J connectivity index is 2.24. The average molecular weight is 291 g/mol. The monoisotopic (exact) mass is 291 g/mol. The fraction of sp³-hybridized carbons (Fsp3) is 0.667. The Hall–Kier alpha value is -1.09. The van der Waals surface area contributed by atoms with Gasteiger partial charge in [-0.25, -0.2) is 8.42 Å². The van der Waals surface area contributed by atoms with Crippen molar-refractivity contribution in [3.63, 3.8) is 0 Å². The molecule has 7 nitrogen and oxygen atoms in total. The second-order valence-electron chi connectivity index (χ2n) is 4.50. The van der Waals surface area contributed by atoms with Gasteiger partial charge in [-0.05, 0) is 13.3 Å². The van der Waals surface area contributed by atoms with Crippen LogP contribution in [0.25, 0.3) is 0 Å². The zero-order chi connectivity index (χ0) is 13.4. The minimum absolute atomic E-state index is 0.0403. The van der Waals surface area contributed by atoms with Crippen LogP contribution >= 0.6 is 11.8 Å². The molecule has 0 amide bonds. The number of sulfone groups is 1. The zero-order valence-corrected chi connectivity index (χ0v) is 11.4. The molecule has 9 heteroatoms. The summed E-state index contributed by atoms with van der Waals surface area (Å²) in [5.74, 6) is -0.885. The molecule has 1 atom stereocenters. The van der Waals surface area contributed by atoms with Crippen LogP contribution in [0.2, 0.25) is 0 Å². The smallest absolute Gasteiger partial charge is 0.313 e. The Bertz CT molecular complexity index is 568. The van der Waals surface area contributed by atoms with E-state index in [-0.39, 0.29) is 17.3 Å². The maximum absolute atomic E-state index is 11.6. The summed E-state index contributed by atoms with van der Waals surface area (Å²) in [5.41, 5.74) is -0.580. The Morgan fingerprint density at radius 2 is 2.39 bits per heavy atom. The molecule has 1 N–H and O–H groups in total. The lowest BCUT2D eigenvalue weighted by Gasteiger charge is -2.24. The first-order valence-corrected chi connectivity index (χ1v) is 8.09. The molecule has 0 bridgehead atoms. The van der Waals surface area contributed by atoms with Crippen molar-refractivity contribution < 1.29 is 18.3 Å². The number of thioether (sulfide) groups is 1. The SMILES string of the molecule is CC1(n2cnnc2SCC(=O)O)CCS(=O)(=O)C1. The standard InChI is InChI=1S/C9H13N3O4S2/c1-9(2-3-18(15,16)5-9)12-6-10-11-8(12)17-4-7(13)14/h6H,2-5H2,1H3,(H,13,14). The van der Waals surface area contributed by atoms with Crippen LogP contribution < -0.4 is 0 Å². The van der Waals surface area contributed by atoms with E-state index in [9.17, 15) is 13.2 Å². The average Bonchev–Trinajstić information content (AvgIpc) is 2.81. The maximum atomic E-state index is 11.6. The lowest BCUT2D eigenvalue weighted by atomic mass is 10.0. The van der Waals surface area contributed by atoms with E-state index >= 15 is 0 Å². The first-order valence-electron chi connectivity index (χ1n) is 5.28. The van der Waals surface area contributed by atoms with Gasteiger partial charge in [0.25, 0.3) is 0 Å². The summed E-state index contributed by atoms with van der Waals surface area (Å²) in [7, 11) is -3.03. The van der Waals surface area contributed by atoms with E-state index in [4.69, 9.17) is 5.11 Å². The van der Waals surface area contributed by atoms with E-state index in [1.54, 1.807) is 4.57 Å². The van der Waals surface area contributed by atoms with Gasteiger partial charge in [0.2, 0.25) is 0 Å². The molecule has 0 aliphatic carbocycles. The predicted molar refractivity (Wildman–Crippen MR) is 65.3 cm³/mol. The van der Waals surface area contributed by atoms with E-state index in [0.29, 0.717) is 11.6 Å². The highest BCUT2D eigenvalue weighted by molar-refractivity contribution is 7.99. The minimum Gasteiger partial charge on any atom is -0.481 e. The van der Waals surface area contributed by atoms with E-state index < -0.39 is 21.3 Å². The van der Waals surface area contributed by atoms with E-state index in [0.717, 1.165) is 11.8 Å². The number of aliphatic carboxylic acids is 1. The molecule has 1 aromatic rings. The van der Waals surface area contributed by atoms with Crippen LogP contribution in [-0.4, -0.2) is 51.5 Å². The van der Waals surface area contributed by atoms with Crippen molar-refractivity contribution in [3.05, 3.63) is 6.33 Å². The summed E-state index contributed by atoms with van der Waals surface area (Å²) in [6, 6.07) is 0. The third-order valence-corrected chi connectivity index (χ3v) is 5.72. The topological polar surface area (TPSA) is 102 Å². The number of aromatic nitrogens is 3. The molecule has 1 aliphatic rings. The van der Waals surface area contributed by atoms with Crippen molar-refractivity contribution in [3.8, 4) is 0 Å². The lowest BCUT2D eigenvalue weighted by molar-refractivity contribution is -0.133. The summed E-state index contributed by atoms with van der Waals surface area (Å²) in [5, 5.41) is 16.7. The largest absolute Gasteiger partial charge is 0.481 e. The molecule has 1 fully saturated rings. The molecule has 0 radical (unpaired) electrons. The first-order chi connectivity index (χ1) is 8.32. The van der Waals surface area contributed by atoms with Gasteiger partial charge in [-0.2, -0.15) is 0 Å². The number of rotatable bonds is 4. The van der Waals surface area contributed by atoms with Crippen LogP contribution in [0.1, 0.15) is 13.3 Å². The fourth-order valence-electron chi connectivity index (χ4n) is 2.00. The number of nitrogens with zero attached hydrogens (tertiary/aromatic N) is 3. The highest BCUT2D eigenvalue weighted by Crippen LogP contribution is 2.33. The zero-order valence-electron chi connectivity index (χ0n) is 9.74. The number of hydrogen-bond acceptors (Lipinski definition) is 6. The molecule has 0 aromatic carbocycles. The van der Waals surface area contributed by atoms with Crippen LogP contribution in [0.5, 0.6) is 0 Å². The van der Waals surface area contributed by atoms with Gasteiger partial charge in [-0.1, -0.05) is 11.8 Å². The summed E-state index contributed by atoms with van der Waals surface area (Å²) in [4.78, 5) is 10.5. The van der Waals surface area contributed by atoms with Gasteiger partial charge in [-0.3, -0.25) is 4.79 Å². The van der Waals surface area contributed by atoms with Gasteiger partial charge in [-0.15, -0.1) is 10.2 Å². The lowest BCUT2D eigenvalue weighted by Crippen LogP contribution is -2.31. The van der Waals surface area contributed by atoms with Crippen LogP contribution in [-0.2, 0) is 20.2 Å². The van der Waals surface area contributed by atoms with E-state index in [2.05, 4.69) is 10.2 Å². The highest BCUT2D eigenvalue weighted by atomic mass is 32.2. The molecule has 0 saturated carbocycles. The summed E-state index contributed by atoms with van der Waals surface area (Å²) in [6.45, 7) is 1.83. The first kappa shape index (κ1) is 13.3. The number of carbonyl (C=O) groups is 1. The van der Waals surface area contributed by atoms with E-state index in [1.807, 2.05) is 6.92 Å². The van der Waals surface area contributed by atoms with Crippen molar-refractivity contribution in [2.24, 2.45) is 0 Å². The Morgan fingerprint density at radius 1 is 1.67 bits per heavy atom. The third kappa shape index (κ3) is 2.66. The summed E-state index contributed by atoms with van der Waals surface area (Å²) >= 11 is 1.04. The van der Waals surface area contributed by atoms with Crippen molar-refractivity contribution in [2.75, 3.05) is 17.3 Å². The van der Waals surface area contributed by atoms with Gasteiger partial charge in [0.05, 0.1) is 22.8 Å². The molecule has 1 aliphatic heterocycles. The maximum Gasteiger partial charge on any atom is 0.313 e. The fourth-order valence-corrected chi connectivity index (χ4v) is 4.89. The molecular weight excluding hydrogens is 278 g/mol.